The van der Waals surface area contributed by atoms with Crippen LogP contribution in [0, 0.1) is 17.2 Å². The van der Waals surface area contributed by atoms with E-state index in [2.05, 4.69) is 49.4 Å². The molecule has 1 aliphatic rings. The fourth-order valence-corrected chi connectivity index (χ4v) is 4.61. The first-order valence-electron chi connectivity index (χ1n) is 11.4. The molecule has 0 aliphatic heterocycles. The second-order valence-corrected chi connectivity index (χ2v) is 8.62. The predicted octanol–water partition coefficient (Wildman–Crippen LogP) is 7.59. The van der Waals surface area contributed by atoms with E-state index in [-0.39, 0.29) is 0 Å². The maximum atomic E-state index is 8.90. The molecule has 0 N–H and O–H groups in total. The summed E-state index contributed by atoms with van der Waals surface area (Å²) in [5.74, 6) is 1.63. The highest BCUT2D eigenvalue weighted by Crippen LogP contribution is 2.37. The van der Waals surface area contributed by atoms with Gasteiger partial charge in [0.2, 0.25) is 0 Å². The molecule has 2 aromatic rings. The lowest BCUT2D eigenvalue weighted by molar-refractivity contribution is 0.310. The minimum Gasteiger partial charge on any atom is -0.192 e. The standard InChI is InChI=1S/C27H35N/c1-2-3-4-5-6-22-13-17-26(18-14-22)27-19-15-24(16-20-27)8-7-23-9-11-25(21-28)12-10-23/h9-14,17-18,24,27H,2-8,15-16,19-20H2,1H3/t24-,27-. The molecule has 2 aromatic carbocycles. The van der Waals surface area contributed by atoms with E-state index in [1.165, 1.54) is 75.3 Å². The van der Waals surface area contributed by atoms with Gasteiger partial charge in [-0.1, -0.05) is 62.6 Å². The molecule has 1 fully saturated rings. The normalized spacial score (nSPS) is 19.3. The molecule has 1 saturated carbocycles. The fourth-order valence-electron chi connectivity index (χ4n) is 4.61. The first kappa shape index (κ1) is 20.7. The smallest absolute Gasteiger partial charge is 0.0991 e. The van der Waals surface area contributed by atoms with E-state index in [0.717, 1.165) is 23.8 Å². The number of nitriles is 1. The van der Waals surface area contributed by atoms with Gasteiger partial charge in [-0.25, -0.2) is 0 Å². The van der Waals surface area contributed by atoms with Crippen molar-refractivity contribution in [2.75, 3.05) is 0 Å². The molecule has 0 unspecified atom stereocenters. The average molecular weight is 374 g/mol. The van der Waals surface area contributed by atoms with Gasteiger partial charge in [-0.3, -0.25) is 0 Å². The monoisotopic (exact) mass is 373 g/mol. The van der Waals surface area contributed by atoms with Gasteiger partial charge in [0.25, 0.3) is 0 Å². The molecule has 28 heavy (non-hydrogen) atoms. The van der Waals surface area contributed by atoms with Crippen LogP contribution < -0.4 is 0 Å². The summed E-state index contributed by atoms with van der Waals surface area (Å²) >= 11 is 0. The van der Waals surface area contributed by atoms with E-state index < -0.39 is 0 Å². The van der Waals surface area contributed by atoms with Crippen molar-refractivity contribution >= 4 is 0 Å². The van der Waals surface area contributed by atoms with Gasteiger partial charge >= 0.3 is 0 Å². The van der Waals surface area contributed by atoms with Crippen molar-refractivity contribution in [1.29, 1.82) is 5.26 Å². The van der Waals surface area contributed by atoms with Gasteiger partial charge in [-0.15, -0.1) is 0 Å². The van der Waals surface area contributed by atoms with Gasteiger partial charge in [-0.05, 0) is 92.0 Å². The van der Waals surface area contributed by atoms with Crippen LogP contribution in [0.25, 0.3) is 0 Å². The van der Waals surface area contributed by atoms with Gasteiger partial charge < -0.3 is 0 Å². The number of benzene rings is 2. The zero-order chi connectivity index (χ0) is 19.6. The molecule has 0 aromatic heterocycles. The molecule has 0 amide bonds. The highest BCUT2D eigenvalue weighted by molar-refractivity contribution is 5.31. The fraction of sp³-hybridized carbons (Fsp3) is 0.519. The van der Waals surface area contributed by atoms with Crippen LogP contribution in [0.1, 0.15) is 92.9 Å². The van der Waals surface area contributed by atoms with Crippen molar-refractivity contribution < 1.29 is 0 Å². The van der Waals surface area contributed by atoms with Gasteiger partial charge in [-0.2, -0.15) is 5.26 Å². The van der Waals surface area contributed by atoms with Crippen LogP contribution in [-0.4, -0.2) is 0 Å². The van der Waals surface area contributed by atoms with Crippen LogP contribution in [-0.2, 0) is 12.8 Å². The van der Waals surface area contributed by atoms with Gasteiger partial charge in [0.15, 0.2) is 0 Å². The Kier molecular flexibility index (Phi) is 8.16. The highest BCUT2D eigenvalue weighted by Gasteiger charge is 2.22. The topological polar surface area (TPSA) is 23.8 Å². The van der Waals surface area contributed by atoms with E-state index in [4.69, 9.17) is 5.26 Å². The third-order valence-electron chi connectivity index (χ3n) is 6.54. The molecule has 0 bridgehead atoms. The Morgan fingerprint density at radius 3 is 2.07 bits per heavy atom. The van der Waals surface area contributed by atoms with Crippen molar-refractivity contribution in [3.63, 3.8) is 0 Å². The maximum absolute atomic E-state index is 8.90. The summed E-state index contributed by atoms with van der Waals surface area (Å²) < 4.78 is 0. The van der Waals surface area contributed by atoms with Gasteiger partial charge in [0, 0.05) is 0 Å². The summed E-state index contributed by atoms with van der Waals surface area (Å²) in [6.07, 6.45) is 14.5. The molecule has 0 spiro atoms. The van der Waals surface area contributed by atoms with Crippen LogP contribution in [0.4, 0.5) is 0 Å². The molecule has 0 atom stereocenters. The van der Waals surface area contributed by atoms with Crippen molar-refractivity contribution in [3.05, 3.63) is 70.8 Å². The van der Waals surface area contributed by atoms with Crippen LogP contribution in [0.2, 0.25) is 0 Å². The highest BCUT2D eigenvalue weighted by atomic mass is 14.3. The van der Waals surface area contributed by atoms with Crippen molar-refractivity contribution in [2.45, 2.75) is 83.5 Å². The lowest BCUT2D eigenvalue weighted by atomic mass is 9.77. The maximum Gasteiger partial charge on any atom is 0.0991 e. The third kappa shape index (κ3) is 6.23. The van der Waals surface area contributed by atoms with Crippen LogP contribution in [0.5, 0.6) is 0 Å². The lowest BCUT2D eigenvalue weighted by Gasteiger charge is -2.29. The third-order valence-corrected chi connectivity index (χ3v) is 6.54. The molecular weight excluding hydrogens is 338 g/mol. The van der Waals surface area contributed by atoms with Crippen molar-refractivity contribution in [3.8, 4) is 6.07 Å². The quantitative estimate of drug-likeness (QED) is 0.415. The summed E-state index contributed by atoms with van der Waals surface area (Å²) in [6.45, 7) is 2.27. The number of hydrogen-bond donors (Lipinski definition) is 0. The molecule has 3 rings (SSSR count). The SMILES string of the molecule is CCCCCCc1ccc([C@H]2CC[C@H](CCc3ccc(C#N)cc3)CC2)cc1. The number of rotatable bonds is 9. The Morgan fingerprint density at radius 1 is 0.786 bits per heavy atom. The molecule has 148 valence electrons. The second-order valence-electron chi connectivity index (χ2n) is 8.62. The molecule has 0 heterocycles. The molecule has 0 radical (unpaired) electrons. The minimum atomic E-state index is 0.760. The first-order chi connectivity index (χ1) is 13.8. The Morgan fingerprint density at radius 2 is 1.43 bits per heavy atom. The zero-order valence-corrected chi connectivity index (χ0v) is 17.5. The summed E-state index contributed by atoms with van der Waals surface area (Å²) in [7, 11) is 0. The van der Waals surface area contributed by atoms with Crippen LogP contribution >= 0.6 is 0 Å². The van der Waals surface area contributed by atoms with E-state index in [9.17, 15) is 0 Å². The second kappa shape index (κ2) is 11.1. The van der Waals surface area contributed by atoms with Crippen molar-refractivity contribution in [1.82, 2.24) is 0 Å². The predicted molar refractivity (Wildman–Crippen MR) is 118 cm³/mol. The average Bonchev–Trinajstić information content (AvgIpc) is 2.76. The molecular formula is C27H35N. The molecule has 0 saturated heterocycles. The number of aryl methyl sites for hydroxylation is 2. The Hall–Kier alpha value is -2.07. The van der Waals surface area contributed by atoms with E-state index in [1.807, 2.05) is 12.1 Å². The summed E-state index contributed by atoms with van der Waals surface area (Å²) in [4.78, 5) is 0. The number of unbranched alkanes of at least 4 members (excludes halogenated alkanes) is 3. The molecule has 1 aliphatic carbocycles. The molecule has 1 heteroatoms. The van der Waals surface area contributed by atoms with Crippen LogP contribution in [0.3, 0.4) is 0 Å². The Labute approximate surface area is 171 Å². The van der Waals surface area contributed by atoms with Crippen molar-refractivity contribution in [2.24, 2.45) is 5.92 Å². The van der Waals surface area contributed by atoms with E-state index in [0.29, 0.717) is 0 Å². The van der Waals surface area contributed by atoms with E-state index >= 15 is 0 Å². The number of nitrogens with zero attached hydrogens (tertiary/aromatic N) is 1. The largest absolute Gasteiger partial charge is 0.192 e. The zero-order valence-electron chi connectivity index (χ0n) is 17.5. The Bertz CT molecular complexity index is 727. The Balaban J connectivity index is 1.40. The van der Waals surface area contributed by atoms with Crippen LogP contribution in [0.15, 0.2) is 48.5 Å². The van der Waals surface area contributed by atoms with Gasteiger partial charge in [0.1, 0.15) is 0 Å². The van der Waals surface area contributed by atoms with E-state index in [1.54, 1.807) is 5.56 Å². The summed E-state index contributed by atoms with van der Waals surface area (Å²) in [5, 5.41) is 8.90. The first-order valence-corrected chi connectivity index (χ1v) is 11.4. The molecule has 1 nitrogen and oxygen atoms in total. The number of hydrogen-bond acceptors (Lipinski definition) is 1. The minimum absolute atomic E-state index is 0.760. The summed E-state index contributed by atoms with van der Waals surface area (Å²) in [6, 6.07) is 19.9. The summed E-state index contributed by atoms with van der Waals surface area (Å²) in [5.41, 5.74) is 5.20. The lowest BCUT2D eigenvalue weighted by Crippen LogP contribution is -2.14. The van der Waals surface area contributed by atoms with Gasteiger partial charge in [0.05, 0.1) is 11.6 Å².